The summed E-state index contributed by atoms with van der Waals surface area (Å²) >= 11 is 0. The average Bonchev–Trinajstić information content (AvgIpc) is 2.47. The normalized spacial score (nSPS) is 11.0. The first-order chi connectivity index (χ1) is 11.3. The topological polar surface area (TPSA) is 55.4 Å². The number of carbonyl (C=O) groups is 2. The fourth-order valence-corrected chi connectivity index (χ4v) is 2.14. The van der Waals surface area contributed by atoms with E-state index in [-0.39, 0.29) is 5.56 Å². The van der Waals surface area contributed by atoms with E-state index in [4.69, 9.17) is 4.74 Å². The Labute approximate surface area is 140 Å². The van der Waals surface area contributed by atoms with Crippen molar-refractivity contribution in [3.8, 4) is 0 Å². The highest BCUT2D eigenvalue weighted by molar-refractivity contribution is 5.84. The summed E-state index contributed by atoms with van der Waals surface area (Å²) in [7, 11) is 0. The molecular formula is C19H20FNO3. The first-order valence-corrected chi connectivity index (χ1v) is 7.59. The summed E-state index contributed by atoms with van der Waals surface area (Å²) < 4.78 is 18.8. The van der Waals surface area contributed by atoms with E-state index in [0.717, 1.165) is 11.1 Å². The molecule has 0 saturated carbocycles. The number of anilines is 1. The molecule has 0 aromatic heterocycles. The maximum atomic E-state index is 13.6. The van der Waals surface area contributed by atoms with Crippen LogP contribution in [-0.4, -0.2) is 18.0 Å². The Kier molecular flexibility index (Phi) is 5.34. The van der Waals surface area contributed by atoms with Gasteiger partial charge in [0.1, 0.15) is 11.4 Å². The maximum absolute atomic E-state index is 13.6. The summed E-state index contributed by atoms with van der Waals surface area (Å²) in [6.07, 6.45) is 0.515. The van der Waals surface area contributed by atoms with Gasteiger partial charge in [0.15, 0.2) is 6.29 Å². The molecular weight excluding hydrogens is 309 g/mol. The fourth-order valence-electron chi connectivity index (χ4n) is 2.14. The second-order valence-electron chi connectivity index (χ2n) is 6.47. The number of rotatable bonds is 4. The molecule has 4 nitrogen and oxygen atoms in total. The molecule has 0 aliphatic rings. The van der Waals surface area contributed by atoms with Crippen LogP contribution in [0.3, 0.4) is 0 Å². The number of ether oxygens (including phenoxy) is 1. The molecule has 0 heterocycles. The molecule has 0 fully saturated rings. The lowest BCUT2D eigenvalue weighted by molar-refractivity contribution is 0.0636. The molecule has 0 aliphatic heterocycles. The molecule has 5 heteroatoms. The van der Waals surface area contributed by atoms with Gasteiger partial charge in [0.25, 0.3) is 0 Å². The van der Waals surface area contributed by atoms with Crippen LogP contribution in [0.1, 0.15) is 42.3 Å². The van der Waals surface area contributed by atoms with Crippen LogP contribution in [0.4, 0.5) is 14.9 Å². The zero-order valence-corrected chi connectivity index (χ0v) is 13.9. The van der Waals surface area contributed by atoms with E-state index in [1.165, 1.54) is 12.1 Å². The van der Waals surface area contributed by atoms with E-state index in [9.17, 15) is 14.0 Å². The molecule has 0 spiro atoms. The summed E-state index contributed by atoms with van der Waals surface area (Å²) in [4.78, 5) is 22.3. The van der Waals surface area contributed by atoms with Gasteiger partial charge >= 0.3 is 6.09 Å². The molecule has 2 rings (SSSR count). The Bertz CT molecular complexity index is 733. The summed E-state index contributed by atoms with van der Waals surface area (Å²) in [6.45, 7) is 5.39. The quantitative estimate of drug-likeness (QED) is 0.836. The second kappa shape index (κ2) is 7.25. The van der Waals surface area contributed by atoms with Crippen molar-refractivity contribution >= 4 is 18.1 Å². The number of hydrogen-bond donors (Lipinski definition) is 1. The molecule has 1 amide bonds. The van der Waals surface area contributed by atoms with Crippen molar-refractivity contribution in [3.63, 3.8) is 0 Å². The lowest BCUT2D eigenvalue weighted by Crippen LogP contribution is -2.27. The van der Waals surface area contributed by atoms with Crippen molar-refractivity contribution in [2.45, 2.75) is 32.8 Å². The van der Waals surface area contributed by atoms with Crippen LogP contribution in [0.5, 0.6) is 0 Å². The van der Waals surface area contributed by atoms with Crippen molar-refractivity contribution < 1.29 is 18.7 Å². The minimum atomic E-state index is -0.554. The van der Waals surface area contributed by atoms with Gasteiger partial charge in [-0.25, -0.2) is 9.18 Å². The summed E-state index contributed by atoms with van der Waals surface area (Å²) in [5.74, 6) is -0.522. The van der Waals surface area contributed by atoms with Crippen molar-refractivity contribution in [1.29, 1.82) is 0 Å². The number of aldehydes is 1. The van der Waals surface area contributed by atoms with Gasteiger partial charge in [-0.05, 0) is 62.6 Å². The summed E-state index contributed by atoms with van der Waals surface area (Å²) in [6, 6.07) is 11.8. The Morgan fingerprint density at radius 2 is 1.75 bits per heavy atom. The average molecular weight is 329 g/mol. The summed E-state index contributed by atoms with van der Waals surface area (Å²) in [5.41, 5.74) is 1.85. The van der Waals surface area contributed by atoms with Crippen LogP contribution in [0.15, 0.2) is 42.5 Å². The predicted molar refractivity (Wildman–Crippen MR) is 90.9 cm³/mol. The van der Waals surface area contributed by atoms with Crippen LogP contribution in [-0.2, 0) is 11.2 Å². The first-order valence-electron chi connectivity index (χ1n) is 7.59. The van der Waals surface area contributed by atoms with E-state index in [1.807, 2.05) is 12.1 Å². The first kappa shape index (κ1) is 17.7. The fraction of sp³-hybridized carbons (Fsp3) is 0.263. The van der Waals surface area contributed by atoms with Gasteiger partial charge in [-0.2, -0.15) is 0 Å². The van der Waals surface area contributed by atoms with Crippen LogP contribution in [0.25, 0.3) is 0 Å². The lowest BCUT2D eigenvalue weighted by atomic mass is 10.0. The second-order valence-corrected chi connectivity index (χ2v) is 6.47. The van der Waals surface area contributed by atoms with Crippen LogP contribution in [0, 0.1) is 5.82 Å². The van der Waals surface area contributed by atoms with E-state index >= 15 is 0 Å². The lowest BCUT2D eigenvalue weighted by Gasteiger charge is -2.19. The van der Waals surface area contributed by atoms with Gasteiger partial charge in [0.2, 0.25) is 0 Å². The SMILES string of the molecule is CC(C)(C)OC(=O)Nc1ccc(Cc2ccc(C=O)c(F)c2)cc1. The third kappa shape index (κ3) is 5.19. The van der Waals surface area contributed by atoms with Gasteiger partial charge in [0, 0.05) is 5.69 Å². The molecule has 0 bridgehead atoms. The zero-order chi connectivity index (χ0) is 17.7. The molecule has 126 valence electrons. The molecule has 2 aromatic rings. The number of benzene rings is 2. The number of halogens is 1. The third-order valence-electron chi connectivity index (χ3n) is 3.20. The van der Waals surface area contributed by atoms with Gasteiger partial charge in [-0.15, -0.1) is 0 Å². The Morgan fingerprint density at radius 3 is 2.29 bits per heavy atom. The molecule has 0 saturated heterocycles. The highest BCUT2D eigenvalue weighted by atomic mass is 19.1. The minimum absolute atomic E-state index is 0.0515. The Morgan fingerprint density at radius 1 is 1.12 bits per heavy atom. The van der Waals surface area contributed by atoms with Crippen LogP contribution in [0.2, 0.25) is 0 Å². The predicted octanol–water partition coefficient (Wildman–Crippen LogP) is 4.58. The van der Waals surface area contributed by atoms with Crippen molar-refractivity contribution in [2.24, 2.45) is 0 Å². The molecule has 0 unspecified atom stereocenters. The maximum Gasteiger partial charge on any atom is 0.412 e. The van der Waals surface area contributed by atoms with Gasteiger partial charge in [-0.3, -0.25) is 10.1 Å². The minimum Gasteiger partial charge on any atom is -0.444 e. The van der Waals surface area contributed by atoms with Crippen molar-refractivity contribution in [1.82, 2.24) is 0 Å². The van der Waals surface area contributed by atoms with Crippen LogP contribution >= 0.6 is 0 Å². The number of nitrogens with one attached hydrogen (secondary N) is 1. The largest absolute Gasteiger partial charge is 0.444 e. The number of amides is 1. The highest BCUT2D eigenvalue weighted by Crippen LogP contribution is 2.17. The molecule has 0 radical (unpaired) electrons. The number of carbonyl (C=O) groups excluding carboxylic acids is 2. The number of hydrogen-bond acceptors (Lipinski definition) is 3. The van der Waals surface area contributed by atoms with Gasteiger partial charge in [0.05, 0.1) is 5.56 Å². The van der Waals surface area contributed by atoms with E-state index in [2.05, 4.69) is 5.32 Å². The van der Waals surface area contributed by atoms with Gasteiger partial charge < -0.3 is 4.74 Å². The monoisotopic (exact) mass is 329 g/mol. The molecule has 24 heavy (non-hydrogen) atoms. The van der Waals surface area contributed by atoms with Gasteiger partial charge in [-0.1, -0.05) is 18.2 Å². The van der Waals surface area contributed by atoms with E-state index < -0.39 is 17.5 Å². The molecule has 0 atom stereocenters. The Balaban J connectivity index is 2.00. The van der Waals surface area contributed by atoms with Crippen LogP contribution < -0.4 is 5.32 Å². The Hall–Kier alpha value is -2.69. The van der Waals surface area contributed by atoms with E-state index in [1.54, 1.807) is 39.0 Å². The highest BCUT2D eigenvalue weighted by Gasteiger charge is 2.16. The third-order valence-corrected chi connectivity index (χ3v) is 3.20. The molecule has 0 aliphatic carbocycles. The van der Waals surface area contributed by atoms with E-state index in [0.29, 0.717) is 18.4 Å². The molecule has 2 aromatic carbocycles. The standard InChI is InChI=1S/C19H20FNO3/c1-19(2,3)24-18(23)21-16-8-5-13(6-9-16)10-14-4-7-15(12-22)17(20)11-14/h4-9,11-12H,10H2,1-3H3,(H,21,23). The zero-order valence-electron chi connectivity index (χ0n) is 13.9. The smallest absolute Gasteiger partial charge is 0.412 e. The van der Waals surface area contributed by atoms with Crippen molar-refractivity contribution in [3.05, 3.63) is 65.0 Å². The van der Waals surface area contributed by atoms with Crippen molar-refractivity contribution in [2.75, 3.05) is 5.32 Å². The molecule has 1 N–H and O–H groups in total. The summed E-state index contributed by atoms with van der Waals surface area (Å²) in [5, 5.41) is 2.65.